The van der Waals surface area contributed by atoms with Gasteiger partial charge in [-0.15, -0.1) is 0 Å². The van der Waals surface area contributed by atoms with Crippen LogP contribution in [0.5, 0.6) is 0 Å². The number of para-hydroxylation sites is 1. The number of hydrogen-bond acceptors (Lipinski definition) is 4. The summed E-state index contributed by atoms with van der Waals surface area (Å²) in [6.45, 7) is 5.22. The molecule has 19 heavy (non-hydrogen) atoms. The summed E-state index contributed by atoms with van der Waals surface area (Å²) < 4.78 is 5.11. The average molecular weight is 265 g/mol. The van der Waals surface area contributed by atoms with Crippen LogP contribution in [0.1, 0.15) is 27.2 Å². The minimum Gasteiger partial charge on any atom is -0.480 e. The molecule has 0 spiro atoms. The Labute approximate surface area is 112 Å². The van der Waals surface area contributed by atoms with Crippen molar-refractivity contribution in [2.75, 3.05) is 5.32 Å². The molecule has 0 aromatic heterocycles. The molecule has 0 saturated carbocycles. The van der Waals surface area contributed by atoms with Gasteiger partial charge in [0.25, 0.3) is 0 Å². The molecule has 0 bridgehead atoms. The molecule has 0 aliphatic heterocycles. The highest BCUT2D eigenvalue weighted by Crippen LogP contribution is 2.13. The van der Waals surface area contributed by atoms with Crippen molar-refractivity contribution in [2.45, 2.75) is 38.8 Å². The van der Waals surface area contributed by atoms with Gasteiger partial charge in [-0.25, -0.2) is 4.79 Å². The van der Waals surface area contributed by atoms with Gasteiger partial charge in [-0.2, -0.15) is 0 Å². The van der Waals surface area contributed by atoms with Gasteiger partial charge < -0.3 is 15.2 Å². The Hall–Kier alpha value is -2.04. The summed E-state index contributed by atoms with van der Waals surface area (Å²) in [7, 11) is 0. The standard InChI is InChI=1S/C14H19NO4/c1-14(2,3)19-12(16)9-11(13(17)18)15-10-7-5-4-6-8-10/h4-8,11,15H,9H2,1-3H3,(H,17,18)/t11-/m1/s1. The summed E-state index contributed by atoms with van der Waals surface area (Å²) in [6, 6.07) is 7.88. The molecular formula is C14H19NO4. The largest absolute Gasteiger partial charge is 0.480 e. The van der Waals surface area contributed by atoms with Crippen LogP contribution < -0.4 is 5.32 Å². The number of carboxylic acid groups (broad SMARTS) is 1. The summed E-state index contributed by atoms with van der Waals surface area (Å²) >= 11 is 0. The molecule has 0 saturated heterocycles. The zero-order valence-corrected chi connectivity index (χ0v) is 11.3. The lowest BCUT2D eigenvalue weighted by atomic mass is 10.1. The Morgan fingerprint density at radius 3 is 2.32 bits per heavy atom. The Morgan fingerprint density at radius 2 is 1.84 bits per heavy atom. The predicted octanol–water partition coefficient (Wildman–Crippen LogP) is 2.28. The minimum atomic E-state index is -1.09. The SMILES string of the molecule is CC(C)(C)OC(=O)C[C@@H](Nc1ccccc1)C(=O)O. The van der Waals surface area contributed by atoms with E-state index in [9.17, 15) is 9.59 Å². The van der Waals surface area contributed by atoms with Crippen LogP contribution in [0.15, 0.2) is 30.3 Å². The molecule has 0 fully saturated rings. The van der Waals surface area contributed by atoms with Gasteiger partial charge in [-0.1, -0.05) is 18.2 Å². The van der Waals surface area contributed by atoms with Crippen molar-refractivity contribution >= 4 is 17.6 Å². The minimum absolute atomic E-state index is 0.221. The molecule has 1 atom stereocenters. The molecule has 0 unspecified atom stereocenters. The monoisotopic (exact) mass is 265 g/mol. The molecule has 104 valence electrons. The molecule has 0 radical (unpaired) electrons. The number of anilines is 1. The number of rotatable bonds is 5. The maximum atomic E-state index is 11.6. The predicted molar refractivity (Wildman–Crippen MR) is 72.0 cm³/mol. The summed E-state index contributed by atoms with van der Waals surface area (Å²) in [5.41, 5.74) is 0.0332. The maximum Gasteiger partial charge on any atom is 0.326 e. The van der Waals surface area contributed by atoms with Gasteiger partial charge in [0.15, 0.2) is 0 Å². The van der Waals surface area contributed by atoms with Crippen LogP contribution in [0, 0.1) is 0 Å². The highest BCUT2D eigenvalue weighted by molar-refractivity contribution is 5.84. The lowest BCUT2D eigenvalue weighted by Crippen LogP contribution is -2.34. The third-order valence-electron chi connectivity index (χ3n) is 2.20. The van der Waals surface area contributed by atoms with Crippen molar-refractivity contribution in [3.63, 3.8) is 0 Å². The second-order valence-electron chi connectivity index (χ2n) is 5.19. The van der Waals surface area contributed by atoms with E-state index in [2.05, 4.69) is 5.32 Å². The number of aliphatic carboxylic acids is 1. The molecule has 0 aliphatic carbocycles. The van der Waals surface area contributed by atoms with Gasteiger partial charge in [-0.05, 0) is 32.9 Å². The quantitative estimate of drug-likeness (QED) is 0.799. The molecule has 2 N–H and O–H groups in total. The Bertz CT molecular complexity index is 437. The van der Waals surface area contributed by atoms with E-state index in [-0.39, 0.29) is 6.42 Å². The van der Waals surface area contributed by atoms with Crippen molar-refractivity contribution in [1.29, 1.82) is 0 Å². The number of nitrogens with one attached hydrogen (secondary N) is 1. The number of carbonyl (C=O) groups excluding carboxylic acids is 1. The van der Waals surface area contributed by atoms with Crippen molar-refractivity contribution in [3.8, 4) is 0 Å². The summed E-state index contributed by atoms with van der Waals surface area (Å²) in [5, 5.41) is 11.9. The van der Waals surface area contributed by atoms with Gasteiger partial charge in [0.05, 0.1) is 6.42 Å². The molecule has 5 heteroatoms. The van der Waals surface area contributed by atoms with Gasteiger partial charge in [-0.3, -0.25) is 4.79 Å². The number of carbonyl (C=O) groups is 2. The van der Waals surface area contributed by atoms with Crippen LogP contribution >= 0.6 is 0 Å². The third-order valence-corrected chi connectivity index (χ3v) is 2.20. The number of esters is 1. The Balaban J connectivity index is 2.64. The summed E-state index contributed by atoms with van der Waals surface area (Å²) in [6.07, 6.45) is -0.221. The highest BCUT2D eigenvalue weighted by Gasteiger charge is 2.24. The molecule has 0 heterocycles. The van der Waals surface area contributed by atoms with Crippen LogP contribution in [0.25, 0.3) is 0 Å². The van der Waals surface area contributed by atoms with E-state index >= 15 is 0 Å². The first-order valence-electron chi connectivity index (χ1n) is 6.04. The Morgan fingerprint density at radius 1 is 1.26 bits per heavy atom. The van der Waals surface area contributed by atoms with Crippen molar-refractivity contribution in [3.05, 3.63) is 30.3 Å². The van der Waals surface area contributed by atoms with E-state index in [0.29, 0.717) is 5.69 Å². The first-order valence-corrected chi connectivity index (χ1v) is 6.04. The van der Waals surface area contributed by atoms with Crippen LogP contribution in [0.4, 0.5) is 5.69 Å². The van der Waals surface area contributed by atoms with Gasteiger partial charge in [0.2, 0.25) is 0 Å². The third kappa shape index (κ3) is 5.90. The van der Waals surface area contributed by atoms with Crippen LogP contribution in [0.2, 0.25) is 0 Å². The first-order chi connectivity index (χ1) is 8.78. The average Bonchev–Trinajstić information content (AvgIpc) is 2.26. The van der Waals surface area contributed by atoms with Crippen molar-refractivity contribution in [2.24, 2.45) is 0 Å². The Kier molecular flexibility index (Phi) is 4.92. The van der Waals surface area contributed by atoms with Crippen LogP contribution in [0.3, 0.4) is 0 Å². The number of hydrogen-bond donors (Lipinski definition) is 2. The molecule has 1 aromatic carbocycles. The van der Waals surface area contributed by atoms with Gasteiger partial charge >= 0.3 is 11.9 Å². The number of ether oxygens (including phenoxy) is 1. The molecule has 5 nitrogen and oxygen atoms in total. The summed E-state index contributed by atoms with van der Waals surface area (Å²) in [4.78, 5) is 22.8. The van der Waals surface area contributed by atoms with E-state index in [1.165, 1.54) is 0 Å². The van der Waals surface area contributed by atoms with Crippen LogP contribution in [-0.4, -0.2) is 28.7 Å². The highest BCUT2D eigenvalue weighted by atomic mass is 16.6. The topological polar surface area (TPSA) is 75.6 Å². The van der Waals surface area contributed by atoms with E-state index < -0.39 is 23.6 Å². The van der Waals surface area contributed by atoms with E-state index in [4.69, 9.17) is 9.84 Å². The smallest absolute Gasteiger partial charge is 0.326 e. The molecule has 1 rings (SSSR count). The second kappa shape index (κ2) is 6.22. The normalized spacial score (nSPS) is 12.6. The molecule has 1 aromatic rings. The fraction of sp³-hybridized carbons (Fsp3) is 0.429. The lowest BCUT2D eigenvalue weighted by molar-refractivity contribution is -0.157. The zero-order chi connectivity index (χ0) is 14.5. The second-order valence-corrected chi connectivity index (χ2v) is 5.19. The van der Waals surface area contributed by atoms with E-state index in [0.717, 1.165) is 0 Å². The van der Waals surface area contributed by atoms with Crippen LogP contribution in [-0.2, 0) is 14.3 Å². The van der Waals surface area contributed by atoms with E-state index in [1.54, 1.807) is 45.0 Å². The van der Waals surface area contributed by atoms with Gasteiger partial charge in [0, 0.05) is 5.69 Å². The zero-order valence-electron chi connectivity index (χ0n) is 11.3. The fourth-order valence-corrected chi connectivity index (χ4v) is 1.49. The van der Waals surface area contributed by atoms with Crippen molar-refractivity contribution in [1.82, 2.24) is 0 Å². The molecular weight excluding hydrogens is 246 g/mol. The molecule has 0 aliphatic rings. The maximum absolute atomic E-state index is 11.6. The van der Waals surface area contributed by atoms with E-state index in [1.807, 2.05) is 6.07 Å². The lowest BCUT2D eigenvalue weighted by Gasteiger charge is -2.21. The number of carboxylic acids is 1. The van der Waals surface area contributed by atoms with Gasteiger partial charge in [0.1, 0.15) is 11.6 Å². The number of benzene rings is 1. The first kappa shape index (κ1) is 15.0. The fourth-order valence-electron chi connectivity index (χ4n) is 1.49. The summed E-state index contributed by atoms with van der Waals surface area (Å²) in [5.74, 6) is -1.63. The van der Waals surface area contributed by atoms with Crippen molar-refractivity contribution < 1.29 is 19.4 Å². The molecule has 0 amide bonds.